The van der Waals surface area contributed by atoms with Crippen molar-refractivity contribution >= 4 is 17.6 Å². The summed E-state index contributed by atoms with van der Waals surface area (Å²) in [6.45, 7) is -0.540. The summed E-state index contributed by atoms with van der Waals surface area (Å²) >= 11 is 6.17. The number of benzene rings is 2. The third-order valence-electron chi connectivity index (χ3n) is 5.13. The highest BCUT2D eigenvalue weighted by atomic mass is 35.5. The van der Waals surface area contributed by atoms with Crippen LogP contribution in [0.5, 0.6) is 5.88 Å². The standard InChI is InChI=1S/C25H16ClF6N3O3/c26-18-3-1-2-4-19(18)35-20(14-21(34-35)25(30,31)32)15-5-7-16(8-6-15)23(36)38-12-11-37-22-13-17(9-10-33-22)24(27,28)29/h1-10,13-14H,11-12H2. The van der Waals surface area contributed by atoms with Crippen molar-refractivity contribution in [3.63, 3.8) is 0 Å². The summed E-state index contributed by atoms with van der Waals surface area (Å²) in [5.74, 6) is -1.05. The van der Waals surface area contributed by atoms with Crippen LogP contribution >= 0.6 is 11.6 Å². The molecule has 0 aliphatic rings. The largest absolute Gasteiger partial charge is 0.474 e. The molecule has 38 heavy (non-hydrogen) atoms. The van der Waals surface area contributed by atoms with Crippen LogP contribution in [0.2, 0.25) is 5.02 Å². The lowest BCUT2D eigenvalue weighted by Crippen LogP contribution is -2.13. The molecule has 4 rings (SSSR count). The van der Waals surface area contributed by atoms with E-state index in [1.54, 1.807) is 12.1 Å². The van der Waals surface area contributed by atoms with Crippen molar-refractivity contribution in [2.45, 2.75) is 12.4 Å². The zero-order valence-electron chi connectivity index (χ0n) is 19.1. The van der Waals surface area contributed by atoms with Crippen LogP contribution in [-0.2, 0) is 17.1 Å². The van der Waals surface area contributed by atoms with Crippen molar-refractivity contribution in [3.05, 3.63) is 94.8 Å². The van der Waals surface area contributed by atoms with E-state index in [9.17, 15) is 31.1 Å². The number of esters is 1. The van der Waals surface area contributed by atoms with Crippen LogP contribution < -0.4 is 4.74 Å². The van der Waals surface area contributed by atoms with Crippen molar-refractivity contribution in [3.8, 4) is 22.8 Å². The summed E-state index contributed by atoms with van der Waals surface area (Å²) in [7, 11) is 0. The minimum Gasteiger partial charge on any atom is -0.474 e. The molecule has 0 radical (unpaired) electrons. The fourth-order valence-corrected chi connectivity index (χ4v) is 3.55. The molecule has 2 aromatic heterocycles. The summed E-state index contributed by atoms with van der Waals surface area (Å²) in [5.41, 5.74) is -1.32. The zero-order valence-corrected chi connectivity index (χ0v) is 19.8. The quantitative estimate of drug-likeness (QED) is 0.142. The van der Waals surface area contributed by atoms with E-state index in [4.69, 9.17) is 21.1 Å². The van der Waals surface area contributed by atoms with Crippen LogP contribution in [-0.4, -0.2) is 33.9 Å². The number of hydrogen-bond acceptors (Lipinski definition) is 5. The van der Waals surface area contributed by atoms with Gasteiger partial charge in [-0.15, -0.1) is 0 Å². The van der Waals surface area contributed by atoms with Crippen LogP contribution in [0.1, 0.15) is 21.6 Å². The number of pyridine rings is 1. The normalized spacial score (nSPS) is 11.9. The molecule has 2 heterocycles. The van der Waals surface area contributed by atoms with Crippen molar-refractivity contribution in [1.29, 1.82) is 0 Å². The van der Waals surface area contributed by atoms with Crippen LogP contribution in [0.3, 0.4) is 0 Å². The minimum atomic E-state index is -4.70. The first-order valence-electron chi connectivity index (χ1n) is 10.8. The fourth-order valence-electron chi connectivity index (χ4n) is 3.34. The minimum absolute atomic E-state index is 0.0887. The number of carbonyl (C=O) groups is 1. The van der Waals surface area contributed by atoms with E-state index in [-0.39, 0.29) is 41.1 Å². The Kier molecular flexibility index (Phi) is 7.63. The van der Waals surface area contributed by atoms with Crippen molar-refractivity contribution < 1.29 is 40.6 Å². The van der Waals surface area contributed by atoms with Gasteiger partial charge in [-0.1, -0.05) is 35.9 Å². The number of alkyl halides is 6. The Hall–Kier alpha value is -4.06. The smallest absolute Gasteiger partial charge is 0.435 e. The van der Waals surface area contributed by atoms with Gasteiger partial charge < -0.3 is 9.47 Å². The Bertz CT molecular complexity index is 1440. The predicted octanol–water partition coefficient (Wildman–Crippen LogP) is 6.86. The van der Waals surface area contributed by atoms with Gasteiger partial charge in [0.2, 0.25) is 5.88 Å². The van der Waals surface area contributed by atoms with E-state index < -0.39 is 29.6 Å². The molecule has 0 bridgehead atoms. The summed E-state index contributed by atoms with van der Waals surface area (Å²) in [6.07, 6.45) is -8.31. The summed E-state index contributed by atoms with van der Waals surface area (Å²) in [4.78, 5) is 16.0. The van der Waals surface area contributed by atoms with Gasteiger partial charge >= 0.3 is 18.3 Å². The maximum atomic E-state index is 13.4. The maximum absolute atomic E-state index is 13.4. The summed E-state index contributed by atoms with van der Waals surface area (Å²) in [6, 6.07) is 14.2. The van der Waals surface area contributed by atoms with Gasteiger partial charge in [0.05, 0.1) is 27.5 Å². The molecule has 0 saturated carbocycles. The van der Waals surface area contributed by atoms with Crippen molar-refractivity contribution in [2.24, 2.45) is 0 Å². The molecule has 4 aromatic rings. The van der Waals surface area contributed by atoms with Gasteiger partial charge in [0.1, 0.15) is 13.2 Å². The molecule has 0 aliphatic heterocycles. The van der Waals surface area contributed by atoms with Gasteiger partial charge in [-0.05, 0) is 36.4 Å². The van der Waals surface area contributed by atoms with Crippen LogP contribution in [0, 0.1) is 0 Å². The van der Waals surface area contributed by atoms with E-state index in [0.29, 0.717) is 5.56 Å². The number of rotatable bonds is 7. The number of halogens is 7. The molecule has 2 aromatic carbocycles. The second-order valence-electron chi connectivity index (χ2n) is 7.72. The lowest BCUT2D eigenvalue weighted by Gasteiger charge is -2.11. The molecule has 0 unspecified atom stereocenters. The summed E-state index contributed by atoms with van der Waals surface area (Å²) in [5, 5.41) is 3.86. The number of aromatic nitrogens is 3. The third-order valence-corrected chi connectivity index (χ3v) is 5.45. The van der Waals surface area contributed by atoms with Crippen molar-refractivity contribution in [2.75, 3.05) is 13.2 Å². The number of para-hydroxylation sites is 1. The highest BCUT2D eigenvalue weighted by molar-refractivity contribution is 6.32. The van der Waals surface area contributed by atoms with Gasteiger partial charge in [-0.25, -0.2) is 14.5 Å². The number of ether oxygens (including phenoxy) is 2. The van der Waals surface area contributed by atoms with Gasteiger partial charge in [-0.2, -0.15) is 31.4 Å². The molecule has 13 heteroatoms. The molecule has 0 saturated heterocycles. The van der Waals surface area contributed by atoms with Crippen LogP contribution in [0.4, 0.5) is 26.3 Å². The molecule has 0 N–H and O–H groups in total. The van der Waals surface area contributed by atoms with Gasteiger partial charge in [0.15, 0.2) is 5.69 Å². The average Bonchev–Trinajstić information content (AvgIpc) is 3.32. The molecule has 0 atom stereocenters. The molecule has 0 spiro atoms. The van der Waals surface area contributed by atoms with Crippen molar-refractivity contribution in [1.82, 2.24) is 14.8 Å². The van der Waals surface area contributed by atoms with E-state index in [0.717, 1.165) is 29.1 Å². The van der Waals surface area contributed by atoms with Crippen LogP contribution in [0.25, 0.3) is 16.9 Å². The lowest BCUT2D eigenvalue weighted by atomic mass is 10.1. The van der Waals surface area contributed by atoms with E-state index in [1.165, 1.54) is 36.4 Å². The third kappa shape index (κ3) is 6.25. The van der Waals surface area contributed by atoms with Gasteiger partial charge in [0.25, 0.3) is 0 Å². The van der Waals surface area contributed by atoms with Gasteiger partial charge in [-0.3, -0.25) is 0 Å². The zero-order chi connectivity index (χ0) is 27.5. The van der Waals surface area contributed by atoms with E-state index >= 15 is 0 Å². The molecular weight excluding hydrogens is 540 g/mol. The first kappa shape index (κ1) is 27.0. The Morgan fingerprint density at radius 1 is 0.895 bits per heavy atom. The first-order valence-corrected chi connectivity index (χ1v) is 11.2. The second-order valence-corrected chi connectivity index (χ2v) is 8.13. The first-order chi connectivity index (χ1) is 17.9. The Labute approximate surface area is 216 Å². The van der Waals surface area contributed by atoms with Gasteiger partial charge in [0, 0.05) is 17.8 Å². The summed E-state index contributed by atoms with van der Waals surface area (Å²) < 4.78 is 89.6. The number of hydrogen-bond donors (Lipinski definition) is 0. The monoisotopic (exact) mass is 555 g/mol. The Balaban J connectivity index is 1.44. The lowest BCUT2D eigenvalue weighted by molar-refractivity contribution is -0.141. The highest BCUT2D eigenvalue weighted by Gasteiger charge is 2.35. The molecule has 6 nitrogen and oxygen atoms in total. The molecule has 0 aliphatic carbocycles. The SMILES string of the molecule is O=C(OCCOc1cc(C(F)(F)F)ccn1)c1ccc(-c2cc(C(F)(F)F)nn2-c2ccccc2Cl)cc1. The fraction of sp³-hybridized carbons (Fsp3) is 0.160. The van der Waals surface area contributed by atoms with E-state index in [2.05, 4.69) is 10.1 Å². The maximum Gasteiger partial charge on any atom is 0.435 e. The Morgan fingerprint density at radius 2 is 1.61 bits per heavy atom. The molecule has 0 fully saturated rings. The molecular formula is C25H16ClF6N3O3. The van der Waals surface area contributed by atoms with E-state index in [1.807, 2.05) is 0 Å². The topological polar surface area (TPSA) is 66.2 Å². The number of nitrogens with zero attached hydrogens (tertiary/aromatic N) is 3. The van der Waals surface area contributed by atoms with Crippen LogP contribution in [0.15, 0.2) is 72.9 Å². The Morgan fingerprint density at radius 3 is 2.26 bits per heavy atom. The molecule has 198 valence electrons. The average molecular weight is 556 g/mol. The predicted molar refractivity (Wildman–Crippen MR) is 124 cm³/mol. The second kappa shape index (κ2) is 10.7. The number of carbonyl (C=O) groups excluding carboxylic acids is 1. The molecule has 0 amide bonds. The highest BCUT2D eigenvalue weighted by Crippen LogP contribution is 2.35.